The number of ether oxygens (including phenoxy) is 1. The number of rotatable bonds is 7. The van der Waals surface area contributed by atoms with Gasteiger partial charge >= 0.3 is 0 Å². The Morgan fingerprint density at radius 1 is 1.18 bits per heavy atom. The Morgan fingerprint density at radius 2 is 1.97 bits per heavy atom. The highest BCUT2D eigenvalue weighted by atomic mass is 79.9. The minimum atomic E-state index is -0.483. The van der Waals surface area contributed by atoms with E-state index in [1.807, 2.05) is 32.0 Å². The largest absolute Gasteiger partial charge is 0.488 e. The number of carbonyl (C=O) groups excluding carboxylic acids is 1. The molecule has 0 bridgehead atoms. The molecule has 0 fully saturated rings. The lowest BCUT2D eigenvalue weighted by molar-refractivity contribution is 0.101. The summed E-state index contributed by atoms with van der Waals surface area (Å²) in [6, 6.07) is 12.3. The first kappa shape index (κ1) is 22.7. The summed E-state index contributed by atoms with van der Waals surface area (Å²) in [4.78, 5) is 12.9. The van der Waals surface area contributed by atoms with Crippen LogP contribution in [0.4, 0.5) is 10.2 Å². The number of halogens is 2. The van der Waals surface area contributed by atoms with Crippen LogP contribution in [0.15, 0.2) is 57.7 Å². The van der Waals surface area contributed by atoms with Gasteiger partial charge in [0.1, 0.15) is 23.9 Å². The Bertz CT molecular complexity index is 1320. The lowest BCUT2D eigenvalue weighted by atomic mass is 10.1. The standard InChI is InChI=1S/C24H22BrFN4O3/c1-14-7-6-10-21(15(14)2)32-13-18-16(3)33-29-22(18)24(31)27-23-19(25)12-30(28-23)11-17-8-4-5-9-20(17)26/h4-10,12H,11,13H2,1-3H3,(H,27,28,31). The monoisotopic (exact) mass is 512 g/mol. The van der Waals surface area contributed by atoms with E-state index in [9.17, 15) is 9.18 Å². The topological polar surface area (TPSA) is 82.2 Å². The Kier molecular flexibility index (Phi) is 6.60. The number of hydrogen-bond acceptors (Lipinski definition) is 5. The number of amides is 1. The molecule has 4 rings (SSSR count). The van der Waals surface area contributed by atoms with Crippen LogP contribution in [-0.2, 0) is 13.2 Å². The van der Waals surface area contributed by atoms with Gasteiger partial charge in [-0.1, -0.05) is 35.5 Å². The first-order chi connectivity index (χ1) is 15.8. The fraction of sp³-hybridized carbons (Fsp3) is 0.208. The van der Waals surface area contributed by atoms with E-state index < -0.39 is 5.91 Å². The van der Waals surface area contributed by atoms with E-state index in [1.54, 1.807) is 31.3 Å². The Balaban J connectivity index is 1.49. The highest BCUT2D eigenvalue weighted by molar-refractivity contribution is 9.10. The zero-order chi connectivity index (χ0) is 23.5. The van der Waals surface area contributed by atoms with Crippen LogP contribution in [-0.4, -0.2) is 20.8 Å². The summed E-state index contributed by atoms with van der Waals surface area (Å²) in [5.74, 6) is 0.717. The van der Waals surface area contributed by atoms with Gasteiger partial charge in [0.05, 0.1) is 16.6 Å². The number of benzene rings is 2. The number of nitrogens with one attached hydrogen (secondary N) is 1. The number of aromatic nitrogens is 3. The third-order valence-corrected chi connectivity index (χ3v) is 5.95. The second kappa shape index (κ2) is 9.58. The molecule has 0 saturated carbocycles. The smallest absolute Gasteiger partial charge is 0.279 e. The van der Waals surface area contributed by atoms with Crippen LogP contribution in [0.25, 0.3) is 0 Å². The van der Waals surface area contributed by atoms with Gasteiger partial charge in [-0.05, 0) is 60.0 Å². The van der Waals surface area contributed by atoms with E-state index >= 15 is 0 Å². The van der Waals surface area contributed by atoms with Crippen LogP contribution in [0.2, 0.25) is 0 Å². The molecule has 4 aromatic rings. The van der Waals surface area contributed by atoms with Crippen molar-refractivity contribution in [2.24, 2.45) is 0 Å². The van der Waals surface area contributed by atoms with E-state index in [4.69, 9.17) is 9.26 Å². The lowest BCUT2D eigenvalue weighted by Gasteiger charge is -2.11. The molecule has 0 spiro atoms. The molecule has 7 nitrogen and oxygen atoms in total. The van der Waals surface area contributed by atoms with Crippen molar-refractivity contribution in [2.45, 2.75) is 33.9 Å². The SMILES string of the molecule is Cc1cccc(OCc2c(C(=O)Nc3nn(Cc4ccccc4F)cc3Br)noc2C)c1C. The summed E-state index contributed by atoms with van der Waals surface area (Å²) >= 11 is 3.39. The van der Waals surface area contributed by atoms with Gasteiger partial charge in [0.2, 0.25) is 0 Å². The lowest BCUT2D eigenvalue weighted by Crippen LogP contribution is -2.16. The van der Waals surface area contributed by atoms with Gasteiger partial charge in [-0.2, -0.15) is 5.10 Å². The van der Waals surface area contributed by atoms with Crippen LogP contribution in [0.1, 0.15) is 38.5 Å². The van der Waals surface area contributed by atoms with Gasteiger partial charge in [0.25, 0.3) is 5.91 Å². The highest BCUT2D eigenvalue weighted by Crippen LogP contribution is 2.25. The summed E-state index contributed by atoms with van der Waals surface area (Å²) in [6.07, 6.45) is 1.67. The third-order valence-electron chi connectivity index (χ3n) is 5.37. The zero-order valence-electron chi connectivity index (χ0n) is 18.4. The molecule has 1 amide bonds. The molecule has 1 N–H and O–H groups in total. The summed E-state index contributed by atoms with van der Waals surface area (Å²) in [7, 11) is 0. The Morgan fingerprint density at radius 3 is 2.76 bits per heavy atom. The molecule has 2 aromatic heterocycles. The van der Waals surface area contributed by atoms with Crippen molar-refractivity contribution in [1.82, 2.24) is 14.9 Å². The molecule has 0 aliphatic heterocycles. The summed E-state index contributed by atoms with van der Waals surface area (Å²) < 4.78 is 27.2. The molecule has 0 unspecified atom stereocenters. The van der Waals surface area contributed by atoms with Crippen molar-refractivity contribution < 1.29 is 18.4 Å². The van der Waals surface area contributed by atoms with E-state index in [2.05, 4.69) is 31.5 Å². The minimum Gasteiger partial charge on any atom is -0.488 e. The summed E-state index contributed by atoms with van der Waals surface area (Å²) in [5, 5.41) is 11.0. The fourth-order valence-electron chi connectivity index (χ4n) is 3.30. The van der Waals surface area contributed by atoms with E-state index in [0.717, 1.165) is 16.9 Å². The van der Waals surface area contributed by atoms with E-state index in [0.29, 0.717) is 27.2 Å². The first-order valence-electron chi connectivity index (χ1n) is 10.3. The Hall–Kier alpha value is -3.46. The van der Waals surface area contributed by atoms with Gasteiger partial charge in [-0.25, -0.2) is 4.39 Å². The van der Waals surface area contributed by atoms with Crippen molar-refractivity contribution in [2.75, 3.05) is 5.32 Å². The summed E-state index contributed by atoms with van der Waals surface area (Å²) in [6.45, 7) is 6.07. The molecule has 9 heteroatoms. The maximum absolute atomic E-state index is 13.9. The maximum Gasteiger partial charge on any atom is 0.279 e. The van der Waals surface area contributed by atoms with Gasteiger partial charge in [-0.15, -0.1) is 0 Å². The average molecular weight is 513 g/mol. The van der Waals surface area contributed by atoms with Crippen LogP contribution < -0.4 is 10.1 Å². The average Bonchev–Trinajstić information content (AvgIpc) is 3.32. The first-order valence-corrected chi connectivity index (χ1v) is 11.0. The number of aryl methyl sites for hydroxylation is 2. The molecule has 0 atom stereocenters. The predicted molar refractivity (Wildman–Crippen MR) is 125 cm³/mol. The molecule has 33 heavy (non-hydrogen) atoms. The van der Waals surface area contributed by atoms with Crippen LogP contribution in [0.3, 0.4) is 0 Å². The molecular formula is C24H22BrFN4O3. The molecule has 0 aliphatic rings. The quantitative estimate of drug-likeness (QED) is 0.349. The number of nitrogens with zero attached hydrogens (tertiary/aromatic N) is 3. The van der Waals surface area contributed by atoms with Crippen LogP contribution in [0.5, 0.6) is 5.75 Å². The summed E-state index contributed by atoms with van der Waals surface area (Å²) in [5.41, 5.74) is 3.30. The van der Waals surface area contributed by atoms with Crippen molar-refractivity contribution in [3.05, 3.63) is 92.7 Å². The number of anilines is 1. The van der Waals surface area contributed by atoms with Gasteiger partial charge in [0.15, 0.2) is 11.5 Å². The minimum absolute atomic E-state index is 0.119. The van der Waals surface area contributed by atoms with E-state index in [1.165, 1.54) is 10.7 Å². The zero-order valence-corrected chi connectivity index (χ0v) is 19.9. The second-order valence-corrected chi connectivity index (χ2v) is 8.48. The molecule has 2 aromatic carbocycles. The molecule has 170 valence electrons. The maximum atomic E-state index is 13.9. The Labute approximate surface area is 198 Å². The van der Waals surface area contributed by atoms with Crippen LogP contribution >= 0.6 is 15.9 Å². The fourth-order valence-corrected chi connectivity index (χ4v) is 3.72. The normalized spacial score (nSPS) is 10.9. The van der Waals surface area contributed by atoms with Crippen molar-refractivity contribution in [3.63, 3.8) is 0 Å². The van der Waals surface area contributed by atoms with Crippen molar-refractivity contribution in [1.29, 1.82) is 0 Å². The molecule has 2 heterocycles. The van der Waals surface area contributed by atoms with Gasteiger partial charge in [-0.3, -0.25) is 9.48 Å². The number of carbonyl (C=O) groups is 1. The van der Waals surface area contributed by atoms with Gasteiger partial charge < -0.3 is 14.6 Å². The highest BCUT2D eigenvalue weighted by Gasteiger charge is 2.22. The molecular weight excluding hydrogens is 491 g/mol. The molecule has 0 saturated heterocycles. The van der Waals surface area contributed by atoms with Crippen LogP contribution in [0, 0.1) is 26.6 Å². The number of hydrogen-bond donors (Lipinski definition) is 1. The van der Waals surface area contributed by atoms with Gasteiger partial charge in [0, 0.05) is 11.8 Å². The van der Waals surface area contributed by atoms with E-state index in [-0.39, 0.29) is 24.7 Å². The third kappa shape index (κ3) is 4.98. The van der Waals surface area contributed by atoms with Crippen molar-refractivity contribution in [3.8, 4) is 5.75 Å². The predicted octanol–water partition coefficient (Wildman–Crippen LogP) is 5.58. The molecule has 0 radical (unpaired) electrons. The second-order valence-electron chi connectivity index (χ2n) is 7.62. The molecule has 0 aliphatic carbocycles. The van der Waals surface area contributed by atoms with Crippen molar-refractivity contribution >= 4 is 27.7 Å².